The summed E-state index contributed by atoms with van der Waals surface area (Å²) in [5.41, 5.74) is -2.59. The van der Waals surface area contributed by atoms with Crippen molar-refractivity contribution in [3.8, 4) is 6.07 Å². The van der Waals surface area contributed by atoms with Gasteiger partial charge in [-0.2, -0.15) is 5.26 Å². The maximum absolute atomic E-state index is 14.6. The summed E-state index contributed by atoms with van der Waals surface area (Å²) in [5.74, 6) is -1.62. The number of hydrogen-bond acceptors (Lipinski definition) is 7. The number of nitriles is 1. The van der Waals surface area contributed by atoms with Gasteiger partial charge >= 0.3 is 0 Å². The fraction of sp³-hybridized carbons (Fsp3) is 0.200. The molecule has 2 aliphatic rings. The third-order valence-corrected chi connectivity index (χ3v) is 7.52. The molecule has 1 fully saturated rings. The lowest BCUT2D eigenvalue weighted by Crippen LogP contribution is -2.58. The van der Waals surface area contributed by atoms with Crippen molar-refractivity contribution >= 4 is 34.0 Å². The number of nitro benzene ring substituents is 1. The van der Waals surface area contributed by atoms with Crippen LogP contribution in [0.5, 0.6) is 0 Å². The van der Waals surface area contributed by atoms with Crippen molar-refractivity contribution in [1.29, 1.82) is 5.26 Å². The summed E-state index contributed by atoms with van der Waals surface area (Å²) >= 11 is 0. The van der Waals surface area contributed by atoms with Gasteiger partial charge in [0.2, 0.25) is 0 Å². The van der Waals surface area contributed by atoms with Gasteiger partial charge in [0.1, 0.15) is 5.82 Å². The van der Waals surface area contributed by atoms with Gasteiger partial charge in [-0.3, -0.25) is 24.6 Å². The van der Waals surface area contributed by atoms with Crippen molar-refractivity contribution in [2.24, 2.45) is 5.41 Å². The van der Waals surface area contributed by atoms with Crippen LogP contribution in [0.15, 0.2) is 61.1 Å². The summed E-state index contributed by atoms with van der Waals surface area (Å²) in [4.78, 5) is 51.7. The Morgan fingerprint density at radius 2 is 2.08 bits per heavy atom. The van der Waals surface area contributed by atoms with E-state index in [-0.39, 0.29) is 23.4 Å². The van der Waals surface area contributed by atoms with Crippen LogP contribution in [0.2, 0.25) is 0 Å². The van der Waals surface area contributed by atoms with E-state index in [1.54, 1.807) is 36.5 Å². The van der Waals surface area contributed by atoms with E-state index in [4.69, 9.17) is 0 Å². The Morgan fingerprint density at radius 3 is 2.81 bits per heavy atom. The number of aromatic nitrogens is 3. The number of para-hydroxylation sites is 1. The Hall–Kier alpha value is -4.82. The Balaban J connectivity index is 1.70. The highest BCUT2D eigenvalue weighted by atomic mass is 16.6. The lowest BCUT2D eigenvalue weighted by Gasteiger charge is -2.40. The van der Waals surface area contributed by atoms with E-state index in [1.165, 1.54) is 24.4 Å². The lowest BCUT2D eigenvalue weighted by atomic mass is 9.59. The van der Waals surface area contributed by atoms with Gasteiger partial charge in [0.15, 0.2) is 16.7 Å². The molecule has 1 spiro atoms. The molecule has 4 aromatic rings. The van der Waals surface area contributed by atoms with E-state index < -0.39 is 33.5 Å². The predicted octanol–water partition coefficient (Wildman–Crippen LogP) is 3.07. The topological polar surface area (TPSA) is 161 Å². The summed E-state index contributed by atoms with van der Waals surface area (Å²) < 4.78 is 0. The molecule has 1 amide bonds. The second-order valence-corrected chi connectivity index (χ2v) is 9.06. The summed E-state index contributed by atoms with van der Waals surface area (Å²) in [6.45, 7) is 0.130. The fourth-order valence-corrected chi connectivity index (χ4v) is 6.02. The van der Waals surface area contributed by atoms with Crippen LogP contribution in [-0.4, -0.2) is 50.1 Å². The molecule has 1 saturated heterocycles. The van der Waals surface area contributed by atoms with Crippen LogP contribution < -0.4 is 5.32 Å². The maximum atomic E-state index is 14.6. The van der Waals surface area contributed by atoms with Crippen molar-refractivity contribution in [2.75, 3.05) is 18.9 Å². The highest BCUT2D eigenvalue weighted by Crippen LogP contribution is 2.63. The van der Waals surface area contributed by atoms with E-state index in [0.29, 0.717) is 22.4 Å². The largest absolute Gasteiger partial charge is 0.360 e. The molecule has 3 N–H and O–H groups in total. The van der Waals surface area contributed by atoms with Gasteiger partial charge in [-0.05, 0) is 19.2 Å². The second kappa shape index (κ2) is 7.34. The van der Waals surface area contributed by atoms with Crippen molar-refractivity contribution < 1.29 is 14.5 Å². The van der Waals surface area contributed by atoms with E-state index >= 15 is 0 Å². The molecule has 11 heteroatoms. The summed E-state index contributed by atoms with van der Waals surface area (Å²) in [6, 6.07) is 13.4. The van der Waals surface area contributed by atoms with Gasteiger partial charge in [0.05, 0.1) is 16.9 Å². The molecule has 0 radical (unpaired) electrons. The third-order valence-electron chi connectivity index (χ3n) is 7.52. The molecule has 2 aromatic heterocycles. The number of nitro groups is 1. The van der Waals surface area contributed by atoms with Crippen LogP contribution in [0.3, 0.4) is 0 Å². The molecule has 2 aliphatic heterocycles. The molecule has 178 valence electrons. The summed E-state index contributed by atoms with van der Waals surface area (Å²) in [5, 5.41) is 26.0. The first-order valence-corrected chi connectivity index (χ1v) is 11.2. The van der Waals surface area contributed by atoms with Gasteiger partial charge in [0.25, 0.3) is 11.6 Å². The molecule has 3 atom stereocenters. The highest BCUT2D eigenvalue weighted by molar-refractivity contribution is 6.18. The zero-order chi connectivity index (χ0) is 25.2. The molecular weight excluding hydrogens is 462 g/mol. The van der Waals surface area contributed by atoms with E-state index in [0.717, 1.165) is 0 Å². The number of benzene rings is 2. The van der Waals surface area contributed by atoms with Gasteiger partial charge in [0, 0.05) is 65.0 Å². The molecule has 11 nitrogen and oxygen atoms in total. The zero-order valence-corrected chi connectivity index (χ0v) is 19.0. The molecule has 2 aromatic carbocycles. The second-order valence-electron chi connectivity index (χ2n) is 9.06. The van der Waals surface area contributed by atoms with Crippen LogP contribution in [-0.2, 0) is 10.3 Å². The normalized spacial score (nSPS) is 25.1. The Morgan fingerprint density at radius 1 is 1.28 bits per heavy atom. The van der Waals surface area contributed by atoms with Crippen molar-refractivity contribution in [3.63, 3.8) is 0 Å². The van der Waals surface area contributed by atoms with Gasteiger partial charge in [-0.15, -0.1) is 0 Å². The van der Waals surface area contributed by atoms with E-state index in [1.807, 2.05) is 12.1 Å². The minimum atomic E-state index is -2.00. The number of nitrogens with zero attached hydrogens (tertiary/aromatic N) is 4. The minimum Gasteiger partial charge on any atom is -0.360 e. The number of non-ortho nitro benzene ring substituents is 1. The Bertz CT molecular complexity index is 1620. The number of H-pyrrole nitrogens is 2. The number of likely N-dealkylation sites (tertiary alicyclic amines) is 1. The molecule has 6 rings (SSSR count). The smallest absolute Gasteiger partial charge is 0.269 e. The molecule has 0 aliphatic carbocycles. The first kappa shape index (κ1) is 21.7. The molecule has 0 unspecified atom stereocenters. The SMILES string of the molecule is CN1C[C@H](c2ncc[nH]2)[C@@](C#N)(C(=O)c2c[nH]c3ccccc23)[C@@]12C(=O)Nc1ccc([N+](=O)[O-])cc12. The number of ketones is 1. The fourth-order valence-electron chi connectivity index (χ4n) is 6.02. The van der Waals surface area contributed by atoms with Gasteiger partial charge in [-0.25, -0.2) is 4.98 Å². The zero-order valence-electron chi connectivity index (χ0n) is 19.0. The number of anilines is 1. The highest BCUT2D eigenvalue weighted by Gasteiger charge is 2.75. The van der Waals surface area contributed by atoms with Crippen molar-refractivity contribution in [2.45, 2.75) is 11.5 Å². The minimum absolute atomic E-state index is 0.130. The number of carbonyl (C=O) groups is 2. The number of nitrogens with one attached hydrogen (secondary N) is 3. The monoisotopic (exact) mass is 481 g/mol. The van der Waals surface area contributed by atoms with Gasteiger partial charge in [-0.1, -0.05) is 18.2 Å². The number of aromatic amines is 2. The summed E-state index contributed by atoms with van der Waals surface area (Å²) in [7, 11) is 1.64. The molecule has 0 bridgehead atoms. The number of amides is 1. The van der Waals surface area contributed by atoms with Crippen molar-refractivity contribution in [1.82, 2.24) is 19.9 Å². The number of imidazole rings is 1. The van der Waals surface area contributed by atoms with Crippen molar-refractivity contribution in [3.05, 3.63) is 88.1 Å². The molecule has 0 saturated carbocycles. The number of rotatable bonds is 4. The quantitative estimate of drug-likeness (QED) is 0.229. The standard InChI is InChI=1S/C25H19N7O4/c1-31-12-18(22-27-8-9-28-22)24(13-26,21(33)16-11-29-19-5-3-2-4-15(16)19)25(31)17-10-14(32(35)36)6-7-20(17)30-23(25)34/h2-11,18,29H,12H2,1H3,(H,27,28)(H,30,34)/t18-,24+,25-/m1/s1. The number of hydrogen-bond donors (Lipinski definition) is 3. The first-order valence-electron chi connectivity index (χ1n) is 11.2. The van der Waals surface area contributed by atoms with Crippen LogP contribution in [0, 0.1) is 26.9 Å². The average Bonchev–Trinajstić information content (AvgIpc) is 3.65. The maximum Gasteiger partial charge on any atom is 0.269 e. The lowest BCUT2D eigenvalue weighted by molar-refractivity contribution is -0.385. The van der Waals surface area contributed by atoms with E-state index in [2.05, 4.69) is 26.3 Å². The predicted molar refractivity (Wildman–Crippen MR) is 128 cm³/mol. The molecular formula is C25H19N7O4. The first-order chi connectivity index (χ1) is 17.4. The number of Topliss-reactive ketones (excluding diaryl/α,β-unsaturated/α-hetero) is 1. The average molecular weight is 481 g/mol. The van der Waals surface area contributed by atoms with Crippen LogP contribution in [0.4, 0.5) is 11.4 Å². The Kier molecular flexibility index (Phi) is 4.42. The Labute approximate surface area is 203 Å². The van der Waals surface area contributed by atoms with Gasteiger partial charge < -0.3 is 15.3 Å². The summed E-state index contributed by atoms with van der Waals surface area (Å²) in [6.07, 6.45) is 4.65. The van der Waals surface area contributed by atoms with Crippen LogP contribution in [0.1, 0.15) is 27.7 Å². The van der Waals surface area contributed by atoms with Crippen LogP contribution >= 0.6 is 0 Å². The molecule has 36 heavy (non-hydrogen) atoms. The molecule has 4 heterocycles. The van der Waals surface area contributed by atoms with E-state index in [9.17, 15) is 25.0 Å². The number of carbonyl (C=O) groups excluding carboxylic acids is 2. The third kappa shape index (κ3) is 2.45. The number of fused-ring (bicyclic) bond motifs is 3. The van der Waals surface area contributed by atoms with Crippen LogP contribution in [0.25, 0.3) is 10.9 Å². The number of likely N-dealkylation sites (N-methyl/N-ethyl adjacent to an activating group) is 1.